The Labute approximate surface area is 101 Å². The molecule has 1 aliphatic heterocycles. The third-order valence-electron chi connectivity index (χ3n) is 3.05. The molecule has 0 aliphatic carbocycles. The van der Waals surface area contributed by atoms with Gasteiger partial charge in [0, 0.05) is 0 Å². The van der Waals surface area contributed by atoms with Crippen LogP contribution in [0.5, 0.6) is 0 Å². The number of nitrogens with one attached hydrogen (secondary N) is 2. The first-order chi connectivity index (χ1) is 8.13. The average Bonchev–Trinajstić information content (AvgIpc) is 2.34. The van der Waals surface area contributed by atoms with Crippen molar-refractivity contribution in [2.75, 3.05) is 19.7 Å². The number of ether oxygens (including phenoxy) is 1. The molecule has 17 heavy (non-hydrogen) atoms. The van der Waals surface area contributed by atoms with E-state index in [0.29, 0.717) is 12.5 Å². The van der Waals surface area contributed by atoms with Gasteiger partial charge < -0.3 is 21.1 Å². The van der Waals surface area contributed by atoms with Gasteiger partial charge in [-0.2, -0.15) is 0 Å². The van der Waals surface area contributed by atoms with E-state index in [4.69, 9.17) is 5.73 Å². The van der Waals surface area contributed by atoms with Crippen molar-refractivity contribution in [2.24, 2.45) is 11.7 Å². The highest BCUT2D eigenvalue weighted by Gasteiger charge is 2.25. The molecular weight excluding hydrogens is 222 g/mol. The highest BCUT2D eigenvalue weighted by molar-refractivity contribution is 5.81. The molecule has 6 nitrogen and oxygen atoms in total. The fourth-order valence-corrected chi connectivity index (χ4v) is 2.02. The minimum atomic E-state index is -0.818. The minimum absolute atomic E-state index is 0.0313. The molecule has 2 amide bonds. The first kappa shape index (κ1) is 13.8. The molecule has 4 N–H and O–H groups in total. The molecule has 1 fully saturated rings. The van der Waals surface area contributed by atoms with Crippen molar-refractivity contribution < 1.29 is 14.3 Å². The third kappa shape index (κ3) is 5.04. The summed E-state index contributed by atoms with van der Waals surface area (Å²) >= 11 is 0. The zero-order valence-corrected chi connectivity index (χ0v) is 10.2. The zero-order valence-electron chi connectivity index (χ0n) is 10.2. The lowest BCUT2D eigenvalue weighted by Crippen LogP contribution is -2.49. The molecule has 2 atom stereocenters. The lowest BCUT2D eigenvalue weighted by atomic mass is 9.90. The first-order valence-electron chi connectivity index (χ1n) is 6.06. The standard InChI is InChI=1S/C11H21N3O3/c1-2-8-3-4-13-9(7-8)10(15)14-5-6-17-11(12)16/h8-9,13H,2-7H2,1H3,(H2,12,16)(H,14,15). The Hall–Kier alpha value is -1.30. The van der Waals surface area contributed by atoms with Gasteiger partial charge in [0.25, 0.3) is 0 Å². The highest BCUT2D eigenvalue weighted by atomic mass is 16.5. The van der Waals surface area contributed by atoms with Gasteiger partial charge in [-0.3, -0.25) is 4.79 Å². The predicted molar refractivity (Wildman–Crippen MR) is 63.4 cm³/mol. The number of hydrogen-bond acceptors (Lipinski definition) is 4. The van der Waals surface area contributed by atoms with Gasteiger partial charge in [-0.05, 0) is 25.3 Å². The van der Waals surface area contributed by atoms with Gasteiger partial charge in [0.1, 0.15) is 6.61 Å². The summed E-state index contributed by atoms with van der Waals surface area (Å²) in [7, 11) is 0. The number of nitrogens with two attached hydrogens (primary N) is 1. The van der Waals surface area contributed by atoms with E-state index in [2.05, 4.69) is 22.3 Å². The number of amides is 2. The summed E-state index contributed by atoms with van der Waals surface area (Å²) in [5.41, 5.74) is 4.80. The second-order valence-electron chi connectivity index (χ2n) is 4.26. The van der Waals surface area contributed by atoms with Crippen molar-refractivity contribution in [1.29, 1.82) is 0 Å². The third-order valence-corrected chi connectivity index (χ3v) is 3.05. The zero-order chi connectivity index (χ0) is 12.7. The van der Waals surface area contributed by atoms with Gasteiger partial charge in [-0.25, -0.2) is 4.79 Å². The Balaban J connectivity index is 2.20. The van der Waals surface area contributed by atoms with E-state index in [1.54, 1.807) is 0 Å². The fraction of sp³-hybridized carbons (Fsp3) is 0.818. The van der Waals surface area contributed by atoms with Crippen LogP contribution in [0, 0.1) is 5.92 Å². The van der Waals surface area contributed by atoms with Crippen molar-refractivity contribution in [1.82, 2.24) is 10.6 Å². The molecule has 1 aliphatic rings. The van der Waals surface area contributed by atoms with Gasteiger partial charge in [0.15, 0.2) is 0 Å². The molecule has 0 aromatic carbocycles. The largest absolute Gasteiger partial charge is 0.448 e. The van der Waals surface area contributed by atoms with Crippen LogP contribution in [0.15, 0.2) is 0 Å². The van der Waals surface area contributed by atoms with E-state index >= 15 is 0 Å². The van der Waals surface area contributed by atoms with Gasteiger partial charge >= 0.3 is 6.09 Å². The van der Waals surface area contributed by atoms with Crippen LogP contribution < -0.4 is 16.4 Å². The van der Waals surface area contributed by atoms with Crippen molar-refractivity contribution in [2.45, 2.75) is 32.2 Å². The number of primary amides is 1. The van der Waals surface area contributed by atoms with E-state index in [9.17, 15) is 9.59 Å². The smallest absolute Gasteiger partial charge is 0.404 e. The summed E-state index contributed by atoms with van der Waals surface area (Å²) in [5, 5.41) is 5.91. The van der Waals surface area contributed by atoms with Crippen molar-refractivity contribution in [3.63, 3.8) is 0 Å². The molecule has 0 saturated carbocycles. The Kier molecular flexibility index (Phi) is 5.76. The van der Waals surface area contributed by atoms with E-state index in [0.717, 1.165) is 25.8 Å². The molecule has 0 radical (unpaired) electrons. The van der Waals surface area contributed by atoms with Crippen LogP contribution in [0.25, 0.3) is 0 Å². The number of rotatable bonds is 5. The minimum Gasteiger partial charge on any atom is -0.448 e. The second-order valence-corrected chi connectivity index (χ2v) is 4.26. The summed E-state index contributed by atoms with van der Waals surface area (Å²) in [6.07, 6.45) is 2.29. The molecule has 1 heterocycles. The number of carbonyl (C=O) groups is 2. The maximum absolute atomic E-state index is 11.8. The quantitative estimate of drug-likeness (QED) is 0.591. The van der Waals surface area contributed by atoms with Crippen LogP contribution in [0.4, 0.5) is 4.79 Å². The summed E-state index contributed by atoms with van der Waals surface area (Å²) in [4.78, 5) is 22.1. The molecule has 2 unspecified atom stereocenters. The average molecular weight is 243 g/mol. The lowest BCUT2D eigenvalue weighted by Gasteiger charge is -2.28. The molecule has 6 heteroatoms. The molecule has 98 valence electrons. The fourth-order valence-electron chi connectivity index (χ4n) is 2.02. The van der Waals surface area contributed by atoms with Gasteiger partial charge in [0.05, 0.1) is 12.6 Å². The maximum atomic E-state index is 11.8. The number of hydrogen-bond donors (Lipinski definition) is 3. The predicted octanol–water partition coefficient (Wildman–Crippen LogP) is -0.0239. The molecule has 0 aromatic heterocycles. The van der Waals surface area contributed by atoms with E-state index < -0.39 is 6.09 Å². The Morgan fingerprint density at radius 1 is 1.53 bits per heavy atom. The Bertz CT molecular complexity index is 271. The summed E-state index contributed by atoms with van der Waals surface area (Å²) in [6.45, 7) is 3.45. The summed E-state index contributed by atoms with van der Waals surface area (Å²) < 4.78 is 4.53. The van der Waals surface area contributed by atoms with Crippen LogP contribution in [-0.2, 0) is 9.53 Å². The summed E-state index contributed by atoms with van der Waals surface area (Å²) in [5.74, 6) is 0.588. The normalized spacial score (nSPS) is 24.1. The van der Waals surface area contributed by atoms with Gasteiger partial charge in [-0.15, -0.1) is 0 Å². The molecule has 0 bridgehead atoms. The van der Waals surface area contributed by atoms with Crippen molar-refractivity contribution in [3.8, 4) is 0 Å². The van der Waals surface area contributed by atoms with E-state index in [1.165, 1.54) is 0 Å². The van der Waals surface area contributed by atoms with Crippen LogP contribution >= 0.6 is 0 Å². The molecule has 1 rings (SSSR count). The Morgan fingerprint density at radius 2 is 2.29 bits per heavy atom. The van der Waals surface area contributed by atoms with E-state index in [-0.39, 0.29) is 18.6 Å². The van der Waals surface area contributed by atoms with Crippen molar-refractivity contribution >= 4 is 12.0 Å². The Morgan fingerprint density at radius 3 is 2.94 bits per heavy atom. The van der Waals surface area contributed by atoms with Crippen LogP contribution in [-0.4, -0.2) is 37.7 Å². The van der Waals surface area contributed by atoms with Crippen LogP contribution in [0.3, 0.4) is 0 Å². The maximum Gasteiger partial charge on any atom is 0.404 e. The summed E-state index contributed by atoms with van der Waals surface area (Å²) in [6, 6.07) is -0.123. The number of piperidine rings is 1. The lowest BCUT2D eigenvalue weighted by molar-refractivity contribution is -0.124. The monoisotopic (exact) mass is 243 g/mol. The second kappa shape index (κ2) is 7.11. The number of carbonyl (C=O) groups excluding carboxylic acids is 2. The van der Waals surface area contributed by atoms with Crippen LogP contribution in [0.2, 0.25) is 0 Å². The van der Waals surface area contributed by atoms with Crippen molar-refractivity contribution in [3.05, 3.63) is 0 Å². The van der Waals surface area contributed by atoms with Gasteiger partial charge in [0.2, 0.25) is 5.91 Å². The first-order valence-corrected chi connectivity index (χ1v) is 6.06. The molecular formula is C11H21N3O3. The molecule has 0 aromatic rings. The van der Waals surface area contributed by atoms with E-state index in [1.807, 2.05) is 0 Å². The topological polar surface area (TPSA) is 93.4 Å². The SMILES string of the molecule is CCC1CCNC(C(=O)NCCOC(N)=O)C1. The molecule has 1 saturated heterocycles. The van der Waals surface area contributed by atoms with Gasteiger partial charge in [-0.1, -0.05) is 13.3 Å². The molecule has 0 spiro atoms. The van der Waals surface area contributed by atoms with Crippen LogP contribution in [0.1, 0.15) is 26.2 Å². The highest BCUT2D eigenvalue weighted by Crippen LogP contribution is 2.19.